The highest BCUT2D eigenvalue weighted by molar-refractivity contribution is 7.99. The van der Waals surface area contributed by atoms with Crippen molar-refractivity contribution in [2.75, 3.05) is 6.26 Å². The fraction of sp³-hybridized carbons (Fsp3) is 0.600. The van der Waals surface area contributed by atoms with Crippen LogP contribution >= 0.6 is 23.4 Å². The lowest BCUT2D eigenvalue weighted by Gasteiger charge is -2.19. The summed E-state index contributed by atoms with van der Waals surface area (Å²) in [6, 6.07) is 9.45. The molecule has 0 saturated heterocycles. The fourth-order valence-corrected chi connectivity index (χ4v) is 3.66. The van der Waals surface area contributed by atoms with Gasteiger partial charge in [-0.05, 0) is 56.6 Å². The van der Waals surface area contributed by atoms with Gasteiger partial charge in [0.2, 0.25) is 0 Å². The first-order chi connectivity index (χ1) is 8.67. The second kappa shape index (κ2) is 6.83. The number of thioether (sulfide) groups is 1. The lowest BCUT2D eigenvalue weighted by Crippen LogP contribution is -2.36. The molecule has 1 aromatic rings. The van der Waals surface area contributed by atoms with Gasteiger partial charge in [-0.15, -0.1) is 0 Å². The Labute approximate surface area is 120 Å². The van der Waals surface area contributed by atoms with Gasteiger partial charge in [-0.1, -0.05) is 23.7 Å². The van der Waals surface area contributed by atoms with Crippen LogP contribution in [0.4, 0.5) is 0 Å². The van der Waals surface area contributed by atoms with Gasteiger partial charge in [-0.2, -0.15) is 11.8 Å². The van der Waals surface area contributed by atoms with Crippen molar-refractivity contribution in [2.24, 2.45) is 0 Å². The van der Waals surface area contributed by atoms with Gasteiger partial charge in [-0.25, -0.2) is 0 Å². The van der Waals surface area contributed by atoms with Crippen LogP contribution in [0.3, 0.4) is 0 Å². The van der Waals surface area contributed by atoms with E-state index < -0.39 is 0 Å². The first kappa shape index (κ1) is 14.2. The van der Waals surface area contributed by atoms with Crippen LogP contribution in [-0.4, -0.2) is 23.6 Å². The lowest BCUT2D eigenvalue weighted by molar-refractivity contribution is 0.449. The molecule has 0 bridgehead atoms. The molecule has 0 spiro atoms. The molecule has 1 nitrogen and oxygen atoms in total. The summed E-state index contributed by atoms with van der Waals surface area (Å²) >= 11 is 7.91. The molecule has 1 aliphatic carbocycles. The van der Waals surface area contributed by atoms with Gasteiger partial charge >= 0.3 is 0 Å². The molecule has 3 atom stereocenters. The van der Waals surface area contributed by atoms with E-state index in [1.54, 1.807) is 0 Å². The molecule has 0 aromatic heterocycles. The van der Waals surface area contributed by atoms with Crippen LogP contribution < -0.4 is 5.32 Å². The van der Waals surface area contributed by atoms with Crippen molar-refractivity contribution in [3.8, 4) is 0 Å². The molecule has 0 heterocycles. The van der Waals surface area contributed by atoms with Crippen molar-refractivity contribution < 1.29 is 0 Å². The summed E-state index contributed by atoms with van der Waals surface area (Å²) in [5, 5.41) is 5.44. The number of nitrogens with one attached hydrogen (secondary N) is 1. The minimum absolute atomic E-state index is 0.539. The van der Waals surface area contributed by atoms with E-state index in [2.05, 4.69) is 30.6 Å². The molecular formula is C15H22ClNS. The summed E-state index contributed by atoms with van der Waals surface area (Å²) in [5.74, 6) is 0. The highest BCUT2D eigenvalue weighted by Crippen LogP contribution is 2.28. The van der Waals surface area contributed by atoms with E-state index in [1.807, 2.05) is 23.9 Å². The number of halogens is 1. The fourth-order valence-electron chi connectivity index (χ4n) is 2.74. The van der Waals surface area contributed by atoms with Gasteiger partial charge in [-0.3, -0.25) is 0 Å². The van der Waals surface area contributed by atoms with E-state index in [9.17, 15) is 0 Å². The Bertz CT molecular complexity index is 365. The molecule has 100 valence electrons. The minimum atomic E-state index is 0.539. The first-order valence-electron chi connectivity index (χ1n) is 6.70. The summed E-state index contributed by atoms with van der Waals surface area (Å²) < 4.78 is 0. The van der Waals surface area contributed by atoms with Crippen molar-refractivity contribution in [1.82, 2.24) is 5.32 Å². The molecule has 0 aliphatic heterocycles. The number of hydrogen-bond acceptors (Lipinski definition) is 2. The second-order valence-electron chi connectivity index (χ2n) is 5.27. The topological polar surface area (TPSA) is 12.0 Å². The van der Waals surface area contributed by atoms with Gasteiger partial charge in [0.05, 0.1) is 0 Å². The Morgan fingerprint density at radius 2 is 2.06 bits per heavy atom. The zero-order chi connectivity index (χ0) is 13.0. The second-order valence-corrected chi connectivity index (χ2v) is 6.84. The summed E-state index contributed by atoms with van der Waals surface area (Å²) in [5.41, 5.74) is 1.36. The standard InChI is InChI=1S/C15H22ClNS/c1-11(9-12-3-5-13(16)6-4-12)17-14-7-8-15(10-14)18-2/h3-6,11,14-15,17H,7-10H2,1-2H3. The van der Waals surface area contributed by atoms with Crippen molar-refractivity contribution >= 4 is 23.4 Å². The quantitative estimate of drug-likeness (QED) is 0.871. The zero-order valence-electron chi connectivity index (χ0n) is 11.2. The molecule has 1 saturated carbocycles. The number of hydrogen-bond donors (Lipinski definition) is 1. The van der Waals surface area contributed by atoms with Crippen LogP contribution in [-0.2, 0) is 6.42 Å². The maximum absolute atomic E-state index is 5.90. The smallest absolute Gasteiger partial charge is 0.0406 e. The zero-order valence-corrected chi connectivity index (χ0v) is 12.7. The summed E-state index contributed by atoms with van der Waals surface area (Å²) in [7, 11) is 0. The van der Waals surface area contributed by atoms with Crippen molar-refractivity contribution in [3.05, 3.63) is 34.9 Å². The Morgan fingerprint density at radius 1 is 1.33 bits per heavy atom. The summed E-state index contributed by atoms with van der Waals surface area (Å²) in [6.45, 7) is 2.28. The average molecular weight is 284 g/mol. The number of rotatable bonds is 5. The van der Waals surface area contributed by atoms with Gasteiger partial charge in [0, 0.05) is 22.4 Å². The van der Waals surface area contributed by atoms with Crippen LogP contribution in [0.2, 0.25) is 5.02 Å². The molecule has 0 amide bonds. The van der Waals surface area contributed by atoms with Crippen LogP contribution in [0.15, 0.2) is 24.3 Å². The predicted molar refractivity (Wildman–Crippen MR) is 82.7 cm³/mol. The SMILES string of the molecule is CSC1CCC(NC(C)Cc2ccc(Cl)cc2)C1. The molecule has 3 heteroatoms. The van der Waals surface area contributed by atoms with E-state index in [0.29, 0.717) is 12.1 Å². The highest BCUT2D eigenvalue weighted by Gasteiger charge is 2.24. The minimum Gasteiger partial charge on any atom is -0.311 e. The van der Waals surface area contributed by atoms with E-state index in [0.717, 1.165) is 16.7 Å². The van der Waals surface area contributed by atoms with E-state index in [4.69, 9.17) is 11.6 Å². The summed E-state index contributed by atoms with van der Waals surface area (Å²) in [6.07, 6.45) is 7.33. The van der Waals surface area contributed by atoms with Crippen LogP contribution in [0.1, 0.15) is 31.7 Å². The lowest BCUT2D eigenvalue weighted by atomic mass is 10.1. The molecule has 1 aliphatic rings. The Morgan fingerprint density at radius 3 is 2.67 bits per heavy atom. The van der Waals surface area contributed by atoms with Crippen LogP contribution in [0, 0.1) is 0 Å². The molecule has 1 aromatic carbocycles. The molecule has 3 unspecified atom stereocenters. The molecule has 18 heavy (non-hydrogen) atoms. The Hall–Kier alpha value is -0.180. The van der Waals surface area contributed by atoms with Gasteiger partial charge < -0.3 is 5.32 Å². The van der Waals surface area contributed by atoms with Gasteiger partial charge in [0.15, 0.2) is 0 Å². The largest absolute Gasteiger partial charge is 0.311 e. The predicted octanol–water partition coefficient (Wildman–Crippen LogP) is 4.14. The molecule has 2 rings (SSSR count). The molecule has 0 radical (unpaired) electrons. The molecule has 1 fully saturated rings. The average Bonchev–Trinajstić information content (AvgIpc) is 2.79. The maximum atomic E-state index is 5.90. The van der Waals surface area contributed by atoms with E-state index in [1.165, 1.54) is 24.8 Å². The highest BCUT2D eigenvalue weighted by atomic mass is 35.5. The van der Waals surface area contributed by atoms with E-state index in [-0.39, 0.29) is 0 Å². The normalized spacial score (nSPS) is 25.3. The van der Waals surface area contributed by atoms with Crippen molar-refractivity contribution in [1.29, 1.82) is 0 Å². The van der Waals surface area contributed by atoms with Crippen molar-refractivity contribution in [2.45, 2.75) is 49.9 Å². The monoisotopic (exact) mass is 283 g/mol. The van der Waals surface area contributed by atoms with Crippen molar-refractivity contribution in [3.63, 3.8) is 0 Å². The maximum Gasteiger partial charge on any atom is 0.0406 e. The third kappa shape index (κ3) is 4.18. The molecule has 1 N–H and O–H groups in total. The van der Waals surface area contributed by atoms with Gasteiger partial charge in [0.25, 0.3) is 0 Å². The third-order valence-electron chi connectivity index (χ3n) is 3.69. The summed E-state index contributed by atoms with van der Waals surface area (Å²) in [4.78, 5) is 0. The van der Waals surface area contributed by atoms with Crippen LogP contribution in [0.5, 0.6) is 0 Å². The molecular weight excluding hydrogens is 262 g/mol. The number of benzene rings is 1. The third-order valence-corrected chi connectivity index (χ3v) is 5.04. The Balaban J connectivity index is 1.78. The Kier molecular flexibility index (Phi) is 5.40. The van der Waals surface area contributed by atoms with Gasteiger partial charge in [0.1, 0.15) is 0 Å². The van der Waals surface area contributed by atoms with Crippen LogP contribution in [0.25, 0.3) is 0 Å². The van der Waals surface area contributed by atoms with E-state index >= 15 is 0 Å². The first-order valence-corrected chi connectivity index (χ1v) is 8.37.